The fraction of sp³-hybridized carbons (Fsp3) is 0.368. The molecular formula is C19H22N2O4. The third kappa shape index (κ3) is 3.91. The van der Waals surface area contributed by atoms with E-state index in [-0.39, 0.29) is 0 Å². The molecule has 6 nitrogen and oxygen atoms in total. The van der Waals surface area contributed by atoms with Crippen molar-refractivity contribution in [2.75, 3.05) is 20.2 Å². The van der Waals surface area contributed by atoms with Gasteiger partial charge in [0, 0.05) is 38.7 Å². The fourth-order valence-electron chi connectivity index (χ4n) is 3.07. The van der Waals surface area contributed by atoms with Crippen LogP contribution in [0.1, 0.15) is 18.5 Å². The lowest BCUT2D eigenvalue weighted by molar-refractivity contribution is -0.160. The monoisotopic (exact) mass is 342 g/mol. The largest absolute Gasteiger partial charge is 0.493 e. The minimum Gasteiger partial charge on any atom is -0.493 e. The summed E-state index contributed by atoms with van der Waals surface area (Å²) >= 11 is 0. The van der Waals surface area contributed by atoms with Crippen LogP contribution in [0.15, 0.2) is 48.7 Å². The van der Waals surface area contributed by atoms with E-state index in [9.17, 15) is 9.90 Å². The Morgan fingerprint density at radius 3 is 2.44 bits per heavy atom. The quantitative estimate of drug-likeness (QED) is 0.870. The van der Waals surface area contributed by atoms with Gasteiger partial charge in [0.05, 0.1) is 12.8 Å². The van der Waals surface area contributed by atoms with Crippen LogP contribution in [0.25, 0.3) is 0 Å². The Morgan fingerprint density at radius 1 is 1.16 bits per heavy atom. The van der Waals surface area contributed by atoms with Crippen LogP contribution in [0.3, 0.4) is 0 Å². The Hall–Kier alpha value is -2.60. The van der Waals surface area contributed by atoms with Gasteiger partial charge < -0.3 is 14.6 Å². The number of benzene rings is 1. The van der Waals surface area contributed by atoms with Gasteiger partial charge in [0.1, 0.15) is 0 Å². The van der Waals surface area contributed by atoms with Gasteiger partial charge >= 0.3 is 5.97 Å². The van der Waals surface area contributed by atoms with Crippen LogP contribution in [0, 0.1) is 0 Å². The second kappa shape index (κ2) is 7.53. The second-order valence-corrected chi connectivity index (χ2v) is 6.15. The Labute approximate surface area is 147 Å². The third-order valence-corrected chi connectivity index (χ3v) is 4.54. The van der Waals surface area contributed by atoms with Gasteiger partial charge in [-0.1, -0.05) is 18.2 Å². The van der Waals surface area contributed by atoms with E-state index in [4.69, 9.17) is 9.47 Å². The average Bonchev–Trinajstić information content (AvgIpc) is 2.64. The van der Waals surface area contributed by atoms with Crippen LogP contribution < -0.4 is 9.47 Å². The van der Waals surface area contributed by atoms with Gasteiger partial charge in [-0.05, 0) is 24.3 Å². The Morgan fingerprint density at radius 2 is 1.84 bits per heavy atom. The number of hydrogen-bond acceptors (Lipinski definition) is 5. The molecule has 2 heterocycles. The van der Waals surface area contributed by atoms with E-state index < -0.39 is 11.6 Å². The minimum atomic E-state index is -1.23. The summed E-state index contributed by atoms with van der Waals surface area (Å²) in [6.45, 7) is 1.99. The molecule has 0 saturated carbocycles. The zero-order chi connectivity index (χ0) is 17.7. The van der Waals surface area contributed by atoms with Crippen molar-refractivity contribution < 1.29 is 19.4 Å². The normalized spacial score (nSPS) is 17.0. The number of likely N-dealkylation sites (tertiary alicyclic amines) is 1. The number of aliphatic carboxylic acids is 1. The van der Waals surface area contributed by atoms with Gasteiger partial charge in [-0.3, -0.25) is 9.88 Å². The summed E-state index contributed by atoms with van der Waals surface area (Å²) in [6, 6.07) is 13.0. The number of aromatic nitrogens is 1. The maximum atomic E-state index is 11.9. The lowest BCUT2D eigenvalue weighted by Gasteiger charge is -2.38. The molecule has 1 N–H and O–H groups in total. The van der Waals surface area contributed by atoms with Crippen molar-refractivity contribution in [2.45, 2.75) is 25.0 Å². The first-order chi connectivity index (χ1) is 12.1. The zero-order valence-corrected chi connectivity index (χ0v) is 14.2. The molecule has 0 bridgehead atoms. The number of carboxylic acids is 1. The number of piperidine rings is 1. The first kappa shape index (κ1) is 17.2. The topological polar surface area (TPSA) is 71.9 Å². The molecule has 1 aliphatic rings. The van der Waals surface area contributed by atoms with Crippen molar-refractivity contribution in [3.63, 3.8) is 0 Å². The number of ether oxygens (including phenoxy) is 2. The van der Waals surface area contributed by atoms with Crippen LogP contribution in [0.2, 0.25) is 0 Å². The van der Waals surface area contributed by atoms with Gasteiger partial charge in [-0.25, -0.2) is 4.79 Å². The standard InChI is InChI=1S/C19H22N2O4/c1-24-16-7-2-3-8-17(16)25-19(18(22)23)9-12-21(13-10-19)14-15-6-4-5-11-20-15/h2-8,11H,9-10,12-14H2,1H3,(H,22,23). The summed E-state index contributed by atoms with van der Waals surface area (Å²) in [7, 11) is 1.55. The molecule has 6 heteroatoms. The van der Waals surface area contributed by atoms with Gasteiger partial charge in [0.2, 0.25) is 5.60 Å². The highest BCUT2D eigenvalue weighted by molar-refractivity contribution is 5.78. The van der Waals surface area contributed by atoms with Crippen molar-refractivity contribution in [1.82, 2.24) is 9.88 Å². The van der Waals surface area contributed by atoms with Crippen LogP contribution in [0.5, 0.6) is 11.5 Å². The van der Waals surface area contributed by atoms with E-state index in [1.165, 1.54) is 0 Å². The highest BCUT2D eigenvalue weighted by Gasteiger charge is 2.44. The van der Waals surface area contributed by atoms with Gasteiger partial charge in [-0.15, -0.1) is 0 Å². The number of nitrogens with zero attached hydrogens (tertiary/aromatic N) is 2. The molecule has 0 spiro atoms. The lowest BCUT2D eigenvalue weighted by Crippen LogP contribution is -2.53. The Bertz CT molecular complexity index is 712. The molecular weight excluding hydrogens is 320 g/mol. The molecule has 25 heavy (non-hydrogen) atoms. The molecule has 3 rings (SSSR count). The van der Waals surface area contributed by atoms with Crippen molar-refractivity contribution in [3.8, 4) is 11.5 Å². The van der Waals surface area contributed by atoms with Crippen LogP contribution >= 0.6 is 0 Å². The minimum absolute atomic E-state index is 0.410. The zero-order valence-electron chi connectivity index (χ0n) is 14.2. The van der Waals surface area contributed by atoms with Crippen LogP contribution in [-0.4, -0.2) is 46.8 Å². The van der Waals surface area contributed by atoms with E-state index in [0.717, 1.165) is 5.69 Å². The Kier molecular flexibility index (Phi) is 5.19. The molecule has 1 aromatic heterocycles. The molecule has 1 fully saturated rings. The summed E-state index contributed by atoms with van der Waals surface area (Å²) in [6.07, 6.45) is 2.59. The molecule has 2 aromatic rings. The number of para-hydroxylation sites is 2. The maximum absolute atomic E-state index is 11.9. The van der Waals surface area contributed by atoms with E-state index in [1.54, 1.807) is 25.4 Å². The van der Waals surface area contributed by atoms with Crippen LogP contribution in [0.4, 0.5) is 0 Å². The van der Waals surface area contributed by atoms with E-state index in [2.05, 4.69) is 9.88 Å². The number of hydrogen-bond donors (Lipinski definition) is 1. The molecule has 0 amide bonds. The SMILES string of the molecule is COc1ccccc1OC1(C(=O)O)CCN(Cc2ccccn2)CC1. The third-order valence-electron chi connectivity index (χ3n) is 4.54. The van der Waals surface area contributed by atoms with Gasteiger partial charge in [0.15, 0.2) is 11.5 Å². The van der Waals surface area contributed by atoms with E-state index in [0.29, 0.717) is 44.0 Å². The smallest absolute Gasteiger partial charge is 0.348 e. The molecule has 132 valence electrons. The predicted octanol–water partition coefficient (Wildman–Crippen LogP) is 2.59. The van der Waals surface area contributed by atoms with Crippen molar-refractivity contribution in [2.24, 2.45) is 0 Å². The summed E-state index contributed by atoms with van der Waals surface area (Å²) in [5, 5.41) is 9.79. The highest BCUT2D eigenvalue weighted by Crippen LogP contribution is 2.34. The molecule has 1 aliphatic heterocycles. The molecule has 0 radical (unpaired) electrons. The summed E-state index contributed by atoms with van der Waals surface area (Å²) in [5.74, 6) is 0.0699. The van der Waals surface area contributed by atoms with Crippen LogP contribution in [-0.2, 0) is 11.3 Å². The molecule has 0 unspecified atom stereocenters. The molecule has 1 saturated heterocycles. The van der Waals surface area contributed by atoms with E-state index >= 15 is 0 Å². The lowest BCUT2D eigenvalue weighted by atomic mass is 9.91. The first-order valence-corrected chi connectivity index (χ1v) is 8.31. The maximum Gasteiger partial charge on any atom is 0.348 e. The predicted molar refractivity (Wildman–Crippen MR) is 92.7 cm³/mol. The van der Waals surface area contributed by atoms with Crippen molar-refractivity contribution in [1.29, 1.82) is 0 Å². The number of rotatable bonds is 6. The van der Waals surface area contributed by atoms with E-state index in [1.807, 2.05) is 30.3 Å². The number of methoxy groups -OCH3 is 1. The summed E-state index contributed by atoms with van der Waals surface area (Å²) in [4.78, 5) is 18.5. The van der Waals surface area contributed by atoms with Gasteiger partial charge in [-0.2, -0.15) is 0 Å². The average molecular weight is 342 g/mol. The highest BCUT2D eigenvalue weighted by atomic mass is 16.5. The fourth-order valence-corrected chi connectivity index (χ4v) is 3.07. The summed E-state index contributed by atoms with van der Waals surface area (Å²) < 4.78 is 11.2. The van der Waals surface area contributed by atoms with Gasteiger partial charge in [0.25, 0.3) is 0 Å². The number of carbonyl (C=O) groups is 1. The first-order valence-electron chi connectivity index (χ1n) is 8.31. The molecule has 1 aromatic carbocycles. The number of pyridine rings is 1. The molecule has 0 aliphatic carbocycles. The summed E-state index contributed by atoms with van der Waals surface area (Å²) in [5.41, 5.74) is -0.245. The van der Waals surface area contributed by atoms with Crippen molar-refractivity contribution in [3.05, 3.63) is 54.4 Å². The molecule has 0 atom stereocenters. The Balaban J connectivity index is 1.70. The van der Waals surface area contributed by atoms with Crippen molar-refractivity contribution >= 4 is 5.97 Å². The number of carboxylic acid groups (broad SMARTS) is 1. The second-order valence-electron chi connectivity index (χ2n) is 6.15.